The molecular formula is C28H28N2O2Pt. The number of aliphatic hydroxyl groups is 1. The van der Waals surface area contributed by atoms with Crippen LogP contribution in [0.3, 0.4) is 0 Å². The van der Waals surface area contributed by atoms with Crippen molar-refractivity contribution < 1.29 is 30.9 Å². The average molecular weight is 620 g/mol. The second-order valence-corrected chi connectivity index (χ2v) is 7.65. The maximum absolute atomic E-state index is 9.07. The number of aliphatic hydroxyl groups excluding tert-OH is 1. The SMILES string of the molecule is COc1ccnc(-c2[c-]c(C)c(C)cc2)c1.Cc1[c-]c(-c2cc(CO)ccn2)ccc1C.[Pt+2]. The van der Waals surface area contributed by atoms with Gasteiger partial charge in [0.2, 0.25) is 0 Å². The second kappa shape index (κ2) is 12.4. The van der Waals surface area contributed by atoms with E-state index in [2.05, 4.69) is 55.0 Å². The van der Waals surface area contributed by atoms with E-state index in [9.17, 15) is 0 Å². The van der Waals surface area contributed by atoms with Gasteiger partial charge in [0.25, 0.3) is 0 Å². The van der Waals surface area contributed by atoms with Crippen LogP contribution < -0.4 is 4.74 Å². The molecule has 2 heterocycles. The Morgan fingerprint density at radius 2 is 1.27 bits per heavy atom. The number of aromatic nitrogens is 2. The number of aryl methyl sites for hydroxylation is 4. The van der Waals surface area contributed by atoms with Gasteiger partial charge in [-0.1, -0.05) is 33.8 Å². The van der Waals surface area contributed by atoms with E-state index in [1.54, 1.807) is 19.5 Å². The van der Waals surface area contributed by atoms with Crippen molar-refractivity contribution in [2.75, 3.05) is 7.11 Å². The fourth-order valence-electron chi connectivity index (χ4n) is 3.06. The molecule has 0 bridgehead atoms. The number of methoxy groups -OCH3 is 1. The normalized spacial score (nSPS) is 10.0. The number of ether oxygens (including phenoxy) is 1. The Balaban J connectivity index is 0.000000227. The number of pyridine rings is 2. The summed E-state index contributed by atoms with van der Waals surface area (Å²) in [4.78, 5) is 8.60. The molecule has 0 aliphatic heterocycles. The summed E-state index contributed by atoms with van der Waals surface area (Å²) in [6, 6.07) is 22.3. The van der Waals surface area contributed by atoms with Gasteiger partial charge < -0.3 is 19.8 Å². The molecule has 0 aliphatic carbocycles. The van der Waals surface area contributed by atoms with Gasteiger partial charge in [-0.15, -0.1) is 69.8 Å². The molecule has 2 aromatic heterocycles. The summed E-state index contributed by atoms with van der Waals surface area (Å²) < 4.78 is 5.18. The molecule has 0 spiro atoms. The van der Waals surface area contributed by atoms with Crippen LogP contribution in [0.1, 0.15) is 27.8 Å². The summed E-state index contributed by atoms with van der Waals surface area (Å²) in [5.74, 6) is 0.816. The standard InChI is InChI=1S/2C14H14NO.Pt/c1-10-4-5-12(8-11(10)2)14-9-13(16-3)6-7-15-14;1-10-3-4-13(7-11(10)2)14-8-12(9-16)5-6-15-14;/h4-7,9H,1-3H3;3-6,8,16H,9H2,1-2H3;/q2*-1;+2. The Hall–Kier alpha value is -2.81. The quantitative estimate of drug-likeness (QED) is 0.292. The van der Waals surface area contributed by atoms with E-state index in [0.717, 1.165) is 45.0 Å². The first kappa shape index (κ1) is 26.4. The third kappa shape index (κ3) is 7.08. The molecule has 0 amide bonds. The number of benzene rings is 2. The second-order valence-electron chi connectivity index (χ2n) is 7.65. The van der Waals surface area contributed by atoms with Crippen LogP contribution in [0.4, 0.5) is 0 Å². The van der Waals surface area contributed by atoms with E-state index in [1.165, 1.54) is 11.1 Å². The molecule has 4 nitrogen and oxygen atoms in total. The number of rotatable bonds is 4. The molecule has 0 saturated carbocycles. The van der Waals surface area contributed by atoms with Crippen molar-refractivity contribution in [2.24, 2.45) is 0 Å². The Bertz CT molecular complexity index is 1110. The molecule has 172 valence electrons. The molecule has 4 rings (SSSR count). The Morgan fingerprint density at radius 3 is 1.76 bits per heavy atom. The summed E-state index contributed by atoms with van der Waals surface area (Å²) >= 11 is 0. The zero-order valence-electron chi connectivity index (χ0n) is 19.5. The maximum atomic E-state index is 9.07. The summed E-state index contributed by atoms with van der Waals surface area (Å²) in [7, 11) is 1.66. The first-order chi connectivity index (χ1) is 15.4. The molecule has 0 radical (unpaired) electrons. The number of hydrogen-bond donors (Lipinski definition) is 1. The molecule has 4 aromatic rings. The van der Waals surface area contributed by atoms with Gasteiger partial charge in [-0.2, -0.15) is 0 Å². The molecule has 5 heteroatoms. The van der Waals surface area contributed by atoms with Crippen LogP contribution in [-0.2, 0) is 27.7 Å². The molecule has 2 aromatic carbocycles. The Kier molecular flexibility index (Phi) is 9.96. The van der Waals surface area contributed by atoms with Gasteiger partial charge in [0.15, 0.2) is 0 Å². The van der Waals surface area contributed by atoms with E-state index in [1.807, 2.05) is 43.3 Å². The first-order valence-electron chi connectivity index (χ1n) is 10.5. The van der Waals surface area contributed by atoms with Gasteiger partial charge in [0, 0.05) is 12.4 Å². The van der Waals surface area contributed by atoms with Crippen molar-refractivity contribution in [3.8, 4) is 28.3 Å². The molecule has 0 fully saturated rings. The zero-order chi connectivity index (χ0) is 23.1. The minimum absolute atomic E-state index is 0. The topological polar surface area (TPSA) is 55.2 Å². The predicted molar refractivity (Wildman–Crippen MR) is 128 cm³/mol. The van der Waals surface area contributed by atoms with Gasteiger partial charge in [-0.25, -0.2) is 0 Å². The van der Waals surface area contributed by atoms with Crippen LogP contribution in [0.15, 0.2) is 60.9 Å². The molecule has 0 saturated heterocycles. The fraction of sp³-hybridized carbons (Fsp3) is 0.214. The molecule has 0 unspecified atom stereocenters. The van der Waals surface area contributed by atoms with Gasteiger partial charge in [-0.05, 0) is 35.2 Å². The number of nitrogens with zero attached hydrogens (tertiary/aromatic N) is 2. The monoisotopic (exact) mass is 619 g/mol. The minimum Gasteiger partial charge on any atom is -0.497 e. The van der Waals surface area contributed by atoms with Gasteiger partial charge in [-0.3, -0.25) is 0 Å². The largest absolute Gasteiger partial charge is 2.00 e. The Labute approximate surface area is 211 Å². The summed E-state index contributed by atoms with van der Waals surface area (Å²) in [5, 5.41) is 9.07. The van der Waals surface area contributed by atoms with Crippen molar-refractivity contribution in [3.63, 3.8) is 0 Å². The molecule has 0 atom stereocenters. The Morgan fingerprint density at radius 1 is 0.758 bits per heavy atom. The fourth-order valence-corrected chi connectivity index (χ4v) is 3.06. The van der Waals surface area contributed by atoms with Crippen molar-refractivity contribution in [1.82, 2.24) is 9.97 Å². The molecule has 1 N–H and O–H groups in total. The van der Waals surface area contributed by atoms with Crippen LogP contribution in [0.25, 0.3) is 22.5 Å². The van der Waals surface area contributed by atoms with E-state index >= 15 is 0 Å². The maximum Gasteiger partial charge on any atom is 2.00 e. The van der Waals surface area contributed by atoms with E-state index in [4.69, 9.17) is 9.84 Å². The predicted octanol–water partition coefficient (Wildman–Crippen LogP) is 5.83. The van der Waals surface area contributed by atoms with E-state index in [0.29, 0.717) is 0 Å². The third-order valence-corrected chi connectivity index (χ3v) is 5.35. The van der Waals surface area contributed by atoms with Crippen molar-refractivity contribution >= 4 is 0 Å². The van der Waals surface area contributed by atoms with Crippen LogP contribution in [0.5, 0.6) is 5.75 Å². The van der Waals surface area contributed by atoms with Crippen LogP contribution in [0.2, 0.25) is 0 Å². The van der Waals surface area contributed by atoms with Gasteiger partial charge in [0.1, 0.15) is 5.75 Å². The van der Waals surface area contributed by atoms with Crippen LogP contribution in [-0.4, -0.2) is 22.2 Å². The smallest absolute Gasteiger partial charge is 0.497 e. The molecule has 0 aliphatic rings. The zero-order valence-corrected chi connectivity index (χ0v) is 21.8. The minimum atomic E-state index is 0. The summed E-state index contributed by atoms with van der Waals surface area (Å²) in [6.07, 6.45) is 3.46. The van der Waals surface area contributed by atoms with Crippen molar-refractivity contribution in [2.45, 2.75) is 34.3 Å². The summed E-state index contributed by atoms with van der Waals surface area (Å²) in [5.41, 5.74) is 9.35. The molecule has 33 heavy (non-hydrogen) atoms. The van der Waals surface area contributed by atoms with Crippen molar-refractivity contribution in [1.29, 1.82) is 0 Å². The van der Waals surface area contributed by atoms with Gasteiger partial charge in [0.05, 0.1) is 13.7 Å². The average Bonchev–Trinajstić information content (AvgIpc) is 2.83. The van der Waals surface area contributed by atoms with Crippen LogP contribution >= 0.6 is 0 Å². The van der Waals surface area contributed by atoms with Crippen LogP contribution in [0, 0.1) is 39.8 Å². The third-order valence-electron chi connectivity index (χ3n) is 5.35. The van der Waals surface area contributed by atoms with E-state index < -0.39 is 0 Å². The van der Waals surface area contributed by atoms with Gasteiger partial charge >= 0.3 is 21.1 Å². The first-order valence-corrected chi connectivity index (χ1v) is 10.5. The van der Waals surface area contributed by atoms with E-state index in [-0.39, 0.29) is 27.7 Å². The molecular weight excluding hydrogens is 591 g/mol. The van der Waals surface area contributed by atoms with Crippen molar-refractivity contribution in [3.05, 3.63) is 101 Å². The summed E-state index contributed by atoms with van der Waals surface area (Å²) in [6.45, 7) is 8.27. The number of hydrogen-bond acceptors (Lipinski definition) is 4.